The Labute approximate surface area is 155 Å². The first kappa shape index (κ1) is 20.0. The Balaban J connectivity index is 2.72. The maximum absolute atomic E-state index is 10.5. The van der Waals surface area contributed by atoms with Crippen molar-refractivity contribution in [3.8, 4) is 0 Å². The number of benzene rings is 1. The molecule has 0 aromatic heterocycles. The Bertz CT molecular complexity index is 635. The predicted molar refractivity (Wildman–Crippen MR) is 107 cm³/mol. The minimum absolute atomic E-state index is 0.0332. The number of carbonyl (C=O) groups is 1. The van der Waals surface area contributed by atoms with Crippen LogP contribution in [-0.4, -0.2) is 45.2 Å². The molecule has 0 amide bonds. The van der Waals surface area contributed by atoms with E-state index in [9.17, 15) is 4.79 Å². The maximum atomic E-state index is 10.5. The summed E-state index contributed by atoms with van der Waals surface area (Å²) in [5.74, 6) is -0.901. The number of carboxylic acid groups (broad SMARTS) is 1. The number of nitrogens with zero attached hydrogens (tertiary/aromatic N) is 2. The lowest BCUT2D eigenvalue weighted by molar-refractivity contribution is -0.136. The molecule has 0 aliphatic rings. The number of hydrazone groups is 2. The molecule has 0 saturated carbocycles. The monoisotopic (exact) mass is 383 g/mol. The second-order valence-electron chi connectivity index (χ2n) is 4.24. The Hall–Kier alpha value is -2.04. The molecule has 0 aliphatic carbocycles. The molecule has 24 heavy (non-hydrogen) atoms. The Kier molecular flexibility index (Phi) is 9.58. The zero-order valence-corrected chi connectivity index (χ0v) is 15.3. The van der Waals surface area contributed by atoms with Gasteiger partial charge in [-0.25, -0.2) is 0 Å². The number of rotatable bonds is 7. The van der Waals surface area contributed by atoms with Crippen LogP contribution < -0.4 is 16.2 Å². The number of hydrogen-bond acceptors (Lipinski definition) is 6. The van der Waals surface area contributed by atoms with Crippen molar-refractivity contribution in [2.75, 3.05) is 12.8 Å². The molecular formula is C14H17N5O2S3. The van der Waals surface area contributed by atoms with Gasteiger partial charge in [0.2, 0.25) is 0 Å². The van der Waals surface area contributed by atoms with Crippen LogP contribution >= 0.6 is 36.2 Å². The summed E-state index contributed by atoms with van der Waals surface area (Å²) in [4.78, 5) is 10.5. The third-order valence-electron chi connectivity index (χ3n) is 2.50. The molecule has 1 aromatic carbocycles. The summed E-state index contributed by atoms with van der Waals surface area (Å²) in [6, 6.07) is 9.40. The fourth-order valence-electron chi connectivity index (χ4n) is 1.40. The van der Waals surface area contributed by atoms with Crippen LogP contribution in [0.5, 0.6) is 0 Å². The lowest BCUT2D eigenvalue weighted by Gasteiger charge is -2.07. The summed E-state index contributed by atoms with van der Waals surface area (Å²) in [6.45, 7) is 0.217. The third kappa shape index (κ3) is 8.56. The highest BCUT2D eigenvalue weighted by Crippen LogP contribution is 2.00. The molecule has 1 rings (SSSR count). The fourth-order valence-corrected chi connectivity index (χ4v) is 1.75. The molecule has 0 radical (unpaired) electrons. The number of thioether (sulfide) groups is 1. The highest BCUT2D eigenvalue weighted by atomic mass is 32.2. The lowest BCUT2D eigenvalue weighted by atomic mass is 10.1. The quantitative estimate of drug-likeness (QED) is 0.320. The summed E-state index contributed by atoms with van der Waals surface area (Å²) in [5.41, 5.74) is 6.74. The van der Waals surface area contributed by atoms with E-state index >= 15 is 0 Å². The van der Waals surface area contributed by atoms with Crippen molar-refractivity contribution < 1.29 is 9.90 Å². The Morgan fingerprint density at radius 3 is 2.62 bits per heavy atom. The van der Waals surface area contributed by atoms with Crippen molar-refractivity contribution in [3.63, 3.8) is 0 Å². The Morgan fingerprint density at radius 1 is 1.29 bits per heavy atom. The van der Waals surface area contributed by atoms with Crippen molar-refractivity contribution in [3.05, 3.63) is 35.9 Å². The number of nitrogens with one attached hydrogen (secondary N) is 3. The maximum Gasteiger partial charge on any atom is 0.305 e. The van der Waals surface area contributed by atoms with Gasteiger partial charge in [0.1, 0.15) is 5.71 Å². The first-order valence-corrected chi connectivity index (χ1v) is 8.83. The van der Waals surface area contributed by atoms with Gasteiger partial charge in [0.15, 0.2) is 9.43 Å². The van der Waals surface area contributed by atoms with E-state index in [0.717, 1.165) is 5.56 Å². The standard InChI is InChI=1S/C14H17N5O2S3/c1-24-14(23)19-16-9-11(10-5-3-2-4-6-10)17-18-13(22)15-8-7-12(20)21/h2-6,9H,7-8H2,1H3,(H,19,23)(H,20,21)(H2,15,18,22). The molecule has 0 aliphatic heterocycles. The highest BCUT2D eigenvalue weighted by molar-refractivity contribution is 8.22. The first-order valence-electron chi connectivity index (χ1n) is 6.78. The highest BCUT2D eigenvalue weighted by Gasteiger charge is 2.02. The topological polar surface area (TPSA) is 98.1 Å². The van der Waals surface area contributed by atoms with Gasteiger partial charge in [-0.1, -0.05) is 54.3 Å². The molecule has 0 spiro atoms. The van der Waals surface area contributed by atoms with Crippen LogP contribution in [0.2, 0.25) is 0 Å². The normalized spacial score (nSPS) is 11.1. The second-order valence-corrected chi connectivity index (χ2v) is 6.13. The van der Waals surface area contributed by atoms with E-state index in [-0.39, 0.29) is 18.1 Å². The molecule has 0 saturated heterocycles. The van der Waals surface area contributed by atoms with Gasteiger partial charge in [-0.3, -0.25) is 15.6 Å². The molecule has 4 N–H and O–H groups in total. The summed E-state index contributed by atoms with van der Waals surface area (Å²) in [6.07, 6.45) is 3.33. The van der Waals surface area contributed by atoms with E-state index in [0.29, 0.717) is 10.0 Å². The van der Waals surface area contributed by atoms with Crippen molar-refractivity contribution >= 4 is 63.5 Å². The van der Waals surface area contributed by atoms with E-state index in [4.69, 9.17) is 29.5 Å². The van der Waals surface area contributed by atoms with E-state index in [2.05, 4.69) is 26.4 Å². The van der Waals surface area contributed by atoms with Gasteiger partial charge in [0, 0.05) is 12.1 Å². The van der Waals surface area contributed by atoms with Gasteiger partial charge < -0.3 is 10.4 Å². The zero-order chi connectivity index (χ0) is 17.8. The van der Waals surface area contributed by atoms with Crippen LogP contribution in [0.4, 0.5) is 0 Å². The molecule has 0 heterocycles. The van der Waals surface area contributed by atoms with Crippen molar-refractivity contribution in [1.29, 1.82) is 0 Å². The number of hydrogen-bond donors (Lipinski definition) is 4. The lowest BCUT2D eigenvalue weighted by Crippen LogP contribution is -2.34. The van der Waals surface area contributed by atoms with Gasteiger partial charge >= 0.3 is 5.97 Å². The van der Waals surface area contributed by atoms with Gasteiger partial charge in [0.05, 0.1) is 12.6 Å². The summed E-state index contributed by atoms with van der Waals surface area (Å²) in [5, 5.41) is 19.8. The molecule has 1 aromatic rings. The van der Waals surface area contributed by atoms with Crippen LogP contribution in [0.1, 0.15) is 12.0 Å². The largest absolute Gasteiger partial charge is 0.481 e. The van der Waals surface area contributed by atoms with E-state index in [1.807, 2.05) is 36.6 Å². The summed E-state index contributed by atoms with van der Waals surface area (Å²) in [7, 11) is 0. The van der Waals surface area contributed by atoms with Crippen molar-refractivity contribution in [2.24, 2.45) is 10.2 Å². The van der Waals surface area contributed by atoms with Gasteiger partial charge in [-0.2, -0.15) is 10.2 Å². The average molecular weight is 384 g/mol. The molecule has 0 fully saturated rings. The molecule has 128 valence electrons. The van der Waals surface area contributed by atoms with Crippen LogP contribution in [0.25, 0.3) is 0 Å². The van der Waals surface area contributed by atoms with Crippen LogP contribution in [0.15, 0.2) is 40.5 Å². The Morgan fingerprint density at radius 2 is 2.00 bits per heavy atom. The van der Waals surface area contributed by atoms with Crippen LogP contribution in [0, 0.1) is 0 Å². The number of thiocarbonyl (C=S) groups is 2. The van der Waals surface area contributed by atoms with Crippen LogP contribution in [0.3, 0.4) is 0 Å². The van der Waals surface area contributed by atoms with Gasteiger partial charge in [0.25, 0.3) is 0 Å². The number of aliphatic carboxylic acids is 1. The van der Waals surface area contributed by atoms with E-state index in [1.54, 1.807) is 0 Å². The fraction of sp³-hybridized carbons (Fsp3) is 0.214. The smallest absolute Gasteiger partial charge is 0.305 e. The predicted octanol–water partition coefficient (Wildman–Crippen LogP) is 1.55. The minimum Gasteiger partial charge on any atom is -0.481 e. The molecule has 0 bridgehead atoms. The molecule has 7 nitrogen and oxygen atoms in total. The van der Waals surface area contributed by atoms with Gasteiger partial charge in [-0.15, -0.1) is 0 Å². The third-order valence-corrected chi connectivity index (χ3v) is 3.79. The summed E-state index contributed by atoms with van der Waals surface area (Å²) < 4.78 is 0.539. The second kappa shape index (κ2) is 11.5. The molecule has 0 unspecified atom stereocenters. The first-order chi connectivity index (χ1) is 11.5. The molecule has 10 heteroatoms. The molecular weight excluding hydrogens is 366 g/mol. The van der Waals surface area contributed by atoms with Crippen molar-refractivity contribution in [1.82, 2.24) is 16.2 Å². The number of carboxylic acids is 1. The van der Waals surface area contributed by atoms with Crippen LogP contribution in [-0.2, 0) is 4.79 Å². The van der Waals surface area contributed by atoms with E-state index in [1.165, 1.54) is 18.0 Å². The molecule has 0 atom stereocenters. The average Bonchev–Trinajstić information content (AvgIpc) is 2.58. The summed E-state index contributed by atoms with van der Waals surface area (Å²) >= 11 is 11.4. The van der Waals surface area contributed by atoms with Crippen molar-refractivity contribution in [2.45, 2.75) is 6.42 Å². The van der Waals surface area contributed by atoms with E-state index < -0.39 is 5.97 Å². The SMILES string of the molecule is CSC(=S)NN=CC(=NNC(=S)NCCC(=O)O)c1ccccc1. The van der Waals surface area contributed by atoms with Gasteiger partial charge in [-0.05, 0) is 18.5 Å². The zero-order valence-electron chi connectivity index (χ0n) is 12.9. The minimum atomic E-state index is -0.901.